The number of hydrogen-bond donors (Lipinski definition) is 0. The van der Waals surface area contributed by atoms with E-state index < -0.39 is 5.67 Å². The molecule has 0 saturated heterocycles. The lowest BCUT2D eigenvalue weighted by atomic mass is 9.51. The minimum absolute atomic E-state index is 0.348. The van der Waals surface area contributed by atoms with Crippen molar-refractivity contribution < 1.29 is 4.39 Å². The van der Waals surface area contributed by atoms with Crippen LogP contribution in [0.5, 0.6) is 0 Å². The van der Waals surface area contributed by atoms with Gasteiger partial charge in [0.2, 0.25) is 0 Å². The number of hydrogen-bond acceptors (Lipinski definition) is 0. The molecular weight excluding hydrogens is 343 g/mol. The molecule has 162 valence electrons. The fourth-order valence-electron chi connectivity index (χ4n) is 7.75. The van der Waals surface area contributed by atoms with E-state index in [1.807, 2.05) is 13.8 Å². The van der Waals surface area contributed by atoms with Gasteiger partial charge in [-0.1, -0.05) is 60.0 Å². The predicted octanol–water partition coefficient (Wildman–Crippen LogP) is 8.90. The van der Waals surface area contributed by atoms with Gasteiger partial charge >= 0.3 is 0 Å². The summed E-state index contributed by atoms with van der Waals surface area (Å²) < 4.78 is 16.1. The van der Waals surface area contributed by atoms with Crippen LogP contribution in [0.1, 0.15) is 118 Å². The lowest BCUT2D eigenvalue weighted by molar-refractivity contribution is -0.0616. The molecule has 0 nitrogen and oxygen atoms in total. The van der Waals surface area contributed by atoms with Crippen molar-refractivity contribution in [2.24, 2.45) is 35.0 Å². The lowest BCUT2D eigenvalue weighted by Gasteiger charge is -2.55. The Morgan fingerprint density at radius 1 is 1.04 bits per heavy atom. The number of rotatable bonds is 5. The molecule has 0 heterocycles. The van der Waals surface area contributed by atoms with E-state index in [0.717, 1.165) is 43.4 Å². The maximum Gasteiger partial charge on any atom is 0.135 e. The van der Waals surface area contributed by atoms with Crippen LogP contribution in [0.15, 0.2) is 11.6 Å². The third-order valence-corrected chi connectivity index (χ3v) is 9.21. The van der Waals surface area contributed by atoms with Crippen molar-refractivity contribution in [3.63, 3.8) is 0 Å². The second-order valence-electron chi connectivity index (χ2n) is 10.9. The van der Waals surface area contributed by atoms with E-state index in [9.17, 15) is 0 Å². The molecule has 4 aliphatic rings. The van der Waals surface area contributed by atoms with E-state index in [1.54, 1.807) is 0 Å². The van der Waals surface area contributed by atoms with Gasteiger partial charge in [-0.2, -0.15) is 0 Å². The number of fused-ring (bicyclic) bond motifs is 5. The molecule has 4 aliphatic carbocycles. The summed E-state index contributed by atoms with van der Waals surface area (Å²) in [4.78, 5) is 0. The van der Waals surface area contributed by atoms with Crippen LogP contribution >= 0.6 is 0 Å². The third kappa shape index (κ3) is 3.98. The summed E-state index contributed by atoms with van der Waals surface area (Å²) in [5.74, 6) is 3.54. The van der Waals surface area contributed by atoms with Crippen LogP contribution in [0.4, 0.5) is 4.39 Å². The van der Waals surface area contributed by atoms with Gasteiger partial charge < -0.3 is 0 Å². The molecule has 1 heteroatoms. The monoisotopic (exact) mass is 390 g/mol. The minimum atomic E-state index is -0.919. The molecule has 0 spiro atoms. The molecule has 6 atom stereocenters. The van der Waals surface area contributed by atoms with Crippen molar-refractivity contribution >= 4 is 0 Å². The zero-order chi connectivity index (χ0) is 20.4. The molecule has 0 aromatic rings. The van der Waals surface area contributed by atoms with E-state index in [1.165, 1.54) is 63.4 Å². The van der Waals surface area contributed by atoms with Crippen LogP contribution in [0.25, 0.3) is 0 Å². The first kappa shape index (κ1) is 22.4. The minimum Gasteiger partial charge on any atom is -0.239 e. The molecule has 0 amide bonds. The molecule has 0 aliphatic heterocycles. The Bertz CT molecular complexity index is 534. The molecule has 0 radical (unpaired) electrons. The van der Waals surface area contributed by atoms with Crippen LogP contribution in [-0.4, -0.2) is 5.67 Å². The van der Waals surface area contributed by atoms with Crippen LogP contribution in [0.3, 0.4) is 0 Å². The average molecular weight is 391 g/mol. The van der Waals surface area contributed by atoms with Crippen molar-refractivity contribution in [3.8, 4) is 0 Å². The van der Waals surface area contributed by atoms with Crippen molar-refractivity contribution in [3.05, 3.63) is 11.6 Å². The Morgan fingerprint density at radius 3 is 2.57 bits per heavy atom. The molecular formula is C27H47F. The topological polar surface area (TPSA) is 0 Å². The highest BCUT2D eigenvalue weighted by molar-refractivity contribution is 5.27. The molecule has 4 rings (SSSR count). The molecule has 3 fully saturated rings. The average Bonchev–Trinajstić information content (AvgIpc) is 3.02. The molecule has 28 heavy (non-hydrogen) atoms. The Hall–Kier alpha value is -0.330. The van der Waals surface area contributed by atoms with Crippen molar-refractivity contribution in [1.29, 1.82) is 0 Å². The Labute approximate surface area is 175 Å². The first-order valence-corrected chi connectivity index (χ1v) is 12.8. The van der Waals surface area contributed by atoms with Gasteiger partial charge in [0.25, 0.3) is 0 Å². The SMILES string of the molecule is CC.CC(C)CCCCC1CCC2C3CC=C4CCCCC4(F)C3CCC12C. The van der Waals surface area contributed by atoms with Gasteiger partial charge in [-0.15, -0.1) is 0 Å². The van der Waals surface area contributed by atoms with Gasteiger partial charge in [-0.3, -0.25) is 0 Å². The zero-order valence-electron chi connectivity index (χ0n) is 19.5. The summed E-state index contributed by atoms with van der Waals surface area (Å²) in [5, 5.41) is 0. The second kappa shape index (κ2) is 9.22. The molecule has 0 N–H and O–H groups in total. The summed E-state index contributed by atoms with van der Waals surface area (Å²) >= 11 is 0. The van der Waals surface area contributed by atoms with Crippen LogP contribution < -0.4 is 0 Å². The fourth-order valence-corrected chi connectivity index (χ4v) is 7.75. The predicted molar refractivity (Wildman–Crippen MR) is 120 cm³/mol. The highest BCUT2D eigenvalue weighted by Gasteiger charge is 2.59. The van der Waals surface area contributed by atoms with Gasteiger partial charge in [0, 0.05) is 5.92 Å². The maximum atomic E-state index is 16.1. The largest absolute Gasteiger partial charge is 0.239 e. The van der Waals surface area contributed by atoms with E-state index in [2.05, 4.69) is 26.8 Å². The lowest BCUT2D eigenvalue weighted by Crippen LogP contribution is -2.52. The molecule has 0 bridgehead atoms. The quantitative estimate of drug-likeness (QED) is 0.325. The van der Waals surface area contributed by atoms with Crippen LogP contribution in [0, 0.1) is 35.0 Å². The van der Waals surface area contributed by atoms with E-state index >= 15 is 4.39 Å². The Kier molecular flexibility index (Phi) is 7.36. The molecule has 0 aromatic carbocycles. The normalized spacial score (nSPS) is 42.0. The smallest absolute Gasteiger partial charge is 0.135 e. The third-order valence-electron chi connectivity index (χ3n) is 9.21. The van der Waals surface area contributed by atoms with Crippen LogP contribution in [0.2, 0.25) is 0 Å². The maximum absolute atomic E-state index is 16.1. The van der Waals surface area contributed by atoms with Gasteiger partial charge in [0.05, 0.1) is 0 Å². The fraction of sp³-hybridized carbons (Fsp3) is 0.926. The highest BCUT2D eigenvalue weighted by atomic mass is 19.1. The number of allylic oxidation sites excluding steroid dienone is 2. The summed E-state index contributed by atoms with van der Waals surface area (Å²) in [6.45, 7) is 11.3. The summed E-state index contributed by atoms with van der Waals surface area (Å²) in [6, 6.07) is 0. The van der Waals surface area contributed by atoms with Gasteiger partial charge in [-0.05, 0) is 98.9 Å². The summed E-state index contributed by atoms with van der Waals surface area (Å²) in [5.41, 5.74) is 0.796. The van der Waals surface area contributed by atoms with Crippen molar-refractivity contribution in [2.75, 3.05) is 0 Å². The number of unbranched alkanes of at least 4 members (excludes halogenated alkanes) is 1. The van der Waals surface area contributed by atoms with Crippen LogP contribution in [-0.2, 0) is 0 Å². The molecule has 6 unspecified atom stereocenters. The van der Waals surface area contributed by atoms with Gasteiger partial charge in [0.1, 0.15) is 5.67 Å². The van der Waals surface area contributed by atoms with E-state index in [-0.39, 0.29) is 0 Å². The first-order valence-electron chi connectivity index (χ1n) is 12.8. The first-order chi connectivity index (χ1) is 13.4. The summed E-state index contributed by atoms with van der Waals surface area (Å²) in [6.07, 6.45) is 18.6. The summed E-state index contributed by atoms with van der Waals surface area (Å²) in [7, 11) is 0. The molecule has 3 saturated carbocycles. The van der Waals surface area contributed by atoms with Gasteiger partial charge in [-0.25, -0.2) is 4.39 Å². The van der Waals surface area contributed by atoms with Crippen molar-refractivity contribution in [1.82, 2.24) is 0 Å². The highest BCUT2D eigenvalue weighted by Crippen LogP contribution is 2.65. The molecule has 0 aromatic heterocycles. The van der Waals surface area contributed by atoms with E-state index in [4.69, 9.17) is 0 Å². The van der Waals surface area contributed by atoms with Gasteiger partial charge in [0.15, 0.2) is 0 Å². The Balaban J connectivity index is 0.00000109. The standard InChI is InChI=1S/C25H41F.C2H6/c1-18(2)8-4-5-9-19-12-14-22-21-13-11-20-10-6-7-16-25(20,26)23(21)15-17-24(19,22)3;1-2/h11,18-19,21-23H,4-10,12-17H2,1-3H3;1-2H3. The van der Waals surface area contributed by atoms with E-state index in [0.29, 0.717) is 17.3 Å². The Morgan fingerprint density at radius 2 is 1.82 bits per heavy atom. The number of halogens is 1. The number of alkyl halides is 1. The van der Waals surface area contributed by atoms with Crippen molar-refractivity contribution in [2.45, 2.75) is 124 Å². The second-order valence-corrected chi connectivity index (χ2v) is 10.9. The zero-order valence-corrected chi connectivity index (χ0v) is 19.5.